The zero-order chi connectivity index (χ0) is 38.4. The molecule has 4 aliphatic carbocycles. The molecule has 5 rings (SSSR count). The van der Waals surface area contributed by atoms with Crippen LogP contribution >= 0.6 is 0 Å². The Morgan fingerprint density at radius 3 is 1.98 bits per heavy atom. The third kappa shape index (κ3) is 7.83. The molecule has 1 aliphatic heterocycles. The SMILES string of the molecule is CCCC(NC(=O)[C@@H]1C[C@@]2(CN1C(=O)[C@@H](NC(=O)[C@@H](NC(=O)OC(C)(C)C)C1CCCCC1)C(C)(C)C)C(C)(C)C21CCC1)C(O)C(=O)NC1CC1. The van der Waals surface area contributed by atoms with Gasteiger partial charge < -0.3 is 36.0 Å². The van der Waals surface area contributed by atoms with Crippen LogP contribution in [0.1, 0.15) is 146 Å². The minimum absolute atomic E-state index is 0.0456. The van der Waals surface area contributed by atoms with E-state index in [0.717, 1.165) is 64.2 Å². The van der Waals surface area contributed by atoms with Gasteiger partial charge in [0.05, 0.1) is 6.04 Å². The first kappa shape index (κ1) is 40.3. The molecule has 2 unspecified atom stereocenters. The topological polar surface area (TPSA) is 166 Å². The zero-order valence-electron chi connectivity index (χ0n) is 33.3. The summed E-state index contributed by atoms with van der Waals surface area (Å²) in [5.74, 6) is -1.75. The van der Waals surface area contributed by atoms with Gasteiger partial charge in [0.2, 0.25) is 17.7 Å². The average molecular weight is 730 g/mol. The van der Waals surface area contributed by atoms with Crippen molar-refractivity contribution < 1.29 is 33.8 Å². The van der Waals surface area contributed by atoms with E-state index in [1.54, 1.807) is 25.7 Å². The second-order valence-corrected chi connectivity index (χ2v) is 19.3. The van der Waals surface area contributed by atoms with Crippen molar-refractivity contribution >= 4 is 29.7 Å². The molecule has 5 amide bonds. The maximum absolute atomic E-state index is 15.0. The van der Waals surface area contributed by atoms with Crippen LogP contribution in [-0.4, -0.2) is 88.2 Å². The number of carbonyl (C=O) groups is 5. The van der Waals surface area contributed by atoms with Gasteiger partial charge in [-0.3, -0.25) is 19.2 Å². The molecule has 5 aliphatic rings. The van der Waals surface area contributed by atoms with Gasteiger partial charge in [0, 0.05) is 18.0 Å². The first-order valence-electron chi connectivity index (χ1n) is 20.1. The minimum atomic E-state index is -1.41. The number of nitrogens with one attached hydrogen (secondary N) is 4. The Kier molecular flexibility index (Phi) is 11.4. The fraction of sp³-hybridized carbons (Fsp3) is 0.875. The van der Waals surface area contributed by atoms with Crippen molar-refractivity contribution in [1.82, 2.24) is 26.2 Å². The van der Waals surface area contributed by atoms with E-state index in [1.807, 2.05) is 27.7 Å². The predicted molar refractivity (Wildman–Crippen MR) is 198 cm³/mol. The molecular weight excluding hydrogens is 662 g/mol. The van der Waals surface area contributed by atoms with Crippen molar-refractivity contribution in [2.75, 3.05) is 6.54 Å². The Balaban J connectivity index is 1.41. The quantitative estimate of drug-likeness (QED) is 0.194. The highest BCUT2D eigenvalue weighted by Crippen LogP contribution is 2.88. The maximum atomic E-state index is 15.0. The molecule has 2 spiro atoms. The summed E-state index contributed by atoms with van der Waals surface area (Å²) in [6, 6.07) is -3.43. The van der Waals surface area contributed by atoms with Crippen LogP contribution in [0.5, 0.6) is 0 Å². The number of hydrogen-bond acceptors (Lipinski definition) is 7. The van der Waals surface area contributed by atoms with E-state index in [1.165, 1.54) is 0 Å². The minimum Gasteiger partial charge on any atom is -0.444 e. The maximum Gasteiger partial charge on any atom is 0.408 e. The van der Waals surface area contributed by atoms with Gasteiger partial charge in [0.25, 0.3) is 5.91 Å². The largest absolute Gasteiger partial charge is 0.444 e. The van der Waals surface area contributed by atoms with Crippen LogP contribution in [0.4, 0.5) is 4.79 Å². The number of hydrogen-bond donors (Lipinski definition) is 5. The number of fused-ring (bicyclic) bond motifs is 1. The monoisotopic (exact) mass is 730 g/mol. The molecule has 0 radical (unpaired) electrons. The fourth-order valence-electron chi connectivity index (χ4n) is 10.0. The Labute approximate surface area is 311 Å². The molecule has 52 heavy (non-hydrogen) atoms. The number of aliphatic hydroxyl groups is 1. The Morgan fingerprint density at radius 2 is 1.48 bits per heavy atom. The first-order chi connectivity index (χ1) is 24.2. The molecule has 6 atom stereocenters. The number of carbonyl (C=O) groups excluding carboxylic acids is 5. The molecule has 1 saturated heterocycles. The van der Waals surface area contributed by atoms with Gasteiger partial charge in [0.1, 0.15) is 23.7 Å². The van der Waals surface area contributed by atoms with Crippen LogP contribution < -0.4 is 21.3 Å². The van der Waals surface area contributed by atoms with Gasteiger partial charge in [0.15, 0.2) is 6.10 Å². The van der Waals surface area contributed by atoms with Crippen molar-refractivity contribution in [1.29, 1.82) is 0 Å². The molecule has 12 heteroatoms. The summed E-state index contributed by atoms with van der Waals surface area (Å²) in [4.78, 5) is 71.2. The predicted octanol–water partition coefficient (Wildman–Crippen LogP) is 4.71. The number of rotatable bonds is 12. The molecule has 5 N–H and O–H groups in total. The van der Waals surface area contributed by atoms with Crippen LogP contribution in [0, 0.1) is 27.6 Å². The van der Waals surface area contributed by atoms with Crippen LogP contribution in [0.25, 0.3) is 0 Å². The van der Waals surface area contributed by atoms with E-state index in [0.29, 0.717) is 25.8 Å². The molecular formula is C40H67N5O7. The number of aliphatic hydroxyl groups excluding tert-OH is 1. The van der Waals surface area contributed by atoms with E-state index in [9.17, 15) is 29.1 Å². The summed E-state index contributed by atoms with van der Waals surface area (Å²) in [6.45, 7) is 17.8. The van der Waals surface area contributed by atoms with Crippen LogP contribution in [-0.2, 0) is 23.9 Å². The van der Waals surface area contributed by atoms with Gasteiger partial charge in [-0.25, -0.2) is 4.79 Å². The lowest BCUT2D eigenvalue weighted by Gasteiger charge is -2.38. The molecule has 0 aromatic carbocycles. The van der Waals surface area contributed by atoms with Crippen molar-refractivity contribution in [2.45, 2.75) is 188 Å². The molecule has 0 bridgehead atoms. The Morgan fingerprint density at radius 1 is 0.846 bits per heavy atom. The summed E-state index contributed by atoms with van der Waals surface area (Å²) in [5, 5.41) is 22.8. The zero-order valence-corrected chi connectivity index (χ0v) is 33.3. The summed E-state index contributed by atoms with van der Waals surface area (Å²) >= 11 is 0. The standard InChI is InChI=1S/C40H67N5O7/c1-10-15-26(29(46)33(49)41-25-18-19-25)42-31(47)27-22-40(38(8,9)39(40)20-14-21-39)23-45(27)34(50)30(36(2,3)4)44-32(48)28(24-16-12-11-13-17-24)43-35(51)52-37(5,6)7/h24-30,46H,10-23H2,1-9H3,(H,41,49)(H,42,47)(H,43,51)(H,44,48)/t26?,27-,28-,29?,30+,40+/m0/s1. The number of likely N-dealkylation sites (tertiary alicyclic amines) is 1. The number of alkyl carbamates (subject to hydrolysis) is 1. The Hall–Kier alpha value is -2.89. The van der Waals surface area contributed by atoms with Gasteiger partial charge in [-0.1, -0.05) is 73.6 Å². The molecule has 0 aromatic rings. The summed E-state index contributed by atoms with van der Waals surface area (Å²) in [7, 11) is 0. The second kappa shape index (κ2) is 14.7. The third-order valence-electron chi connectivity index (χ3n) is 13.4. The van der Waals surface area contributed by atoms with Gasteiger partial charge >= 0.3 is 6.09 Å². The Bertz CT molecular complexity index is 1370. The molecule has 294 valence electrons. The van der Waals surface area contributed by atoms with Crippen molar-refractivity contribution in [2.24, 2.45) is 27.6 Å². The van der Waals surface area contributed by atoms with E-state index in [-0.39, 0.29) is 40.0 Å². The van der Waals surface area contributed by atoms with Gasteiger partial charge in [-0.05, 0) is 94.3 Å². The van der Waals surface area contributed by atoms with Crippen LogP contribution in [0.3, 0.4) is 0 Å². The van der Waals surface area contributed by atoms with Crippen LogP contribution in [0.2, 0.25) is 0 Å². The first-order valence-corrected chi connectivity index (χ1v) is 20.1. The van der Waals surface area contributed by atoms with E-state index in [2.05, 4.69) is 35.1 Å². The lowest BCUT2D eigenvalue weighted by Crippen LogP contribution is -2.62. The highest BCUT2D eigenvalue weighted by molar-refractivity contribution is 5.95. The normalized spacial score (nSPS) is 27.5. The summed E-state index contributed by atoms with van der Waals surface area (Å²) < 4.78 is 5.55. The van der Waals surface area contributed by atoms with E-state index < -0.39 is 59.2 Å². The number of amides is 5. The molecule has 0 aromatic heterocycles. The number of nitrogens with zero attached hydrogens (tertiary/aromatic N) is 1. The van der Waals surface area contributed by atoms with E-state index in [4.69, 9.17) is 4.74 Å². The number of ether oxygens (including phenoxy) is 1. The lowest BCUT2D eigenvalue weighted by atomic mass is 9.73. The third-order valence-corrected chi connectivity index (χ3v) is 13.4. The van der Waals surface area contributed by atoms with Crippen molar-refractivity contribution in [3.63, 3.8) is 0 Å². The average Bonchev–Trinajstić information content (AvgIpc) is 3.85. The molecule has 4 saturated carbocycles. The summed E-state index contributed by atoms with van der Waals surface area (Å²) in [6.07, 6.45) is 8.95. The highest BCUT2D eigenvalue weighted by atomic mass is 16.6. The highest BCUT2D eigenvalue weighted by Gasteiger charge is 2.85. The molecule has 12 nitrogen and oxygen atoms in total. The second-order valence-electron chi connectivity index (χ2n) is 19.3. The summed E-state index contributed by atoms with van der Waals surface area (Å²) in [5.41, 5.74) is -1.77. The molecule has 5 fully saturated rings. The smallest absolute Gasteiger partial charge is 0.408 e. The van der Waals surface area contributed by atoms with Crippen molar-refractivity contribution in [3.05, 3.63) is 0 Å². The lowest BCUT2D eigenvalue weighted by molar-refractivity contribution is -0.145. The fourth-order valence-corrected chi connectivity index (χ4v) is 10.0. The van der Waals surface area contributed by atoms with Gasteiger partial charge in [-0.2, -0.15) is 0 Å². The van der Waals surface area contributed by atoms with Crippen LogP contribution in [0.15, 0.2) is 0 Å². The van der Waals surface area contributed by atoms with Crippen molar-refractivity contribution in [3.8, 4) is 0 Å². The van der Waals surface area contributed by atoms with E-state index >= 15 is 0 Å². The molecule has 1 heterocycles. The van der Waals surface area contributed by atoms with Gasteiger partial charge in [-0.15, -0.1) is 0 Å².